The van der Waals surface area contributed by atoms with E-state index in [2.05, 4.69) is 63.9 Å². The fourth-order valence-electron chi connectivity index (χ4n) is 2.00. The maximum atomic E-state index is 2.28. The highest BCUT2D eigenvalue weighted by atomic mass is 15.1. The Labute approximate surface area is 103 Å². The molecule has 2 aromatic rings. The van der Waals surface area contributed by atoms with Crippen LogP contribution in [0.2, 0.25) is 0 Å². The van der Waals surface area contributed by atoms with E-state index >= 15 is 0 Å². The van der Waals surface area contributed by atoms with Crippen molar-refractivity contribution in [2.24, 2.45) is 0 Å². The van der Waals surface area contributed by atoms with Crippen LogP contribution in [0.25, 0.3) is 0 Å². The number of aryl methyl sites for hydroxylation is 3. The average molecular weight is 232 g/mol. The first-order valence-electron chi connectivity index (χ1n) is 6.54. The summed E-state index contributed by atoms with van der Waals surface area (Å²) in [7, 11) is 0. The highest BCUT2D eigenvalue weighted by Crippen LogP contribution is 1.95. The predicted molar refractivity (Wildman–Crippen MR) is 68.6 cm³/mol. The van der Waals surface area contributed by atoms with Crippen LogP contribution in [0.1, 0.15) is 26.2 Å². The van der Waals surface area contributed by atoms with Gasteiger partial charge in [-0.1, -0.05) is 13.3 Å². The zero-order chi connectivity index (χ0) is 11.9. The molecule has 0 bridgehead atoms. The molecule has 2 heterocycles. The molecule has 0 aromatic carbocycles. The molecule has 0 spiro atoms. The van der Waals surface area contributed by atoms with Crippen LogP contribution >= 0.6 is 0 Å². The molecule has 0 aliphatic carbocycles. The quantitative estimate of drug-likeness (QED) is 0.651. The van der Waals surface area contributed by atoms with Gasteiger partial charge in [0, 0.05) is 25.4 Å². The Morgan fingerprint density at radius 1 is 0.941 bits per heavy atom. The van der Waals surface area contributed by atoms with E-state index in [1.54, 1.807) is 0 Å². The Balaban J connectivity index is 1.73. The fourth-order valence-corrected chi connectivity index (χ4v) is 2.00. The van der Waals surface area contributed by atoms with Crippen molar-refractivity contribution in [1.82, 2.24) is 9.13 Å². The van der Waals surface area contributed by atoms with Crippen LogP contribution in [0.5, 0.6) is 0 Å². The molecule has 0 fully saturated rings. The lowest BCUT2D eigenvalue weighted by molar-refractivity contribution is -0.697. The number of rotatable bonds is 7. The third kappa shape index (κ3) is 3.77. The summed E-state index contributed by atoms with van der Waals surface area (Å²) in [6, 6.07) is 4.16. The zero-order valence-electron chi connectivity index (χ0n) is 10.6. The van der Waals surface area contributed by atoms with Crippen LogP contribution in [0.4, 0.5) is 0 Å². The first kappa shape index (κ1) is 12.0. The van der Waals surface area contributed by atoms with Crippen molar-refractivity contribution in [2.75, 3.05) is 0 Å². The fraction of sp³-hybridized carbons (Fsp3) is 0.500. The summed E-state index contributed by atoms with van der Waals surface area (Å²) < 4.78 is 6.78. The Hall–Kier alpha value is -1.51. The molecule has 3 nitrogen and oxygen atoms in total. The van der Waals surface area contributed by atoms with Crippen molar-refractivity contribution in [3.05, 3.63) is 43.2 Å². The van der Waals surface area contributed by atoms with E-state index in [-0.39, 0.29) is 0 Å². The van der Waals surface area contributed by atoms with Crippen molar-refractivity contribution in [3.8, 4) is 0 Å². The molecule has 2 aromatic heterocycles. The van der Waals surface area contributed by atoms with Crippen molar-refractivity contribution in [3.63, 3.8) is 0 Å². The Bertz CT molecular complexity index is 414. The van der Waals surface area contributed by atoms with Gasteiger partial charge in [-0.25, -0.2) is 9.13 Å². The topological polar surface area (TPSA) is 13.7 Å². The lowest BCUT2D eigenvalue weighted by atomic mass is 10.3. The predicted octanol–water partition coefficient (Wildman–Crippen LogP) is 2.47. The molecule has 0 aliphatic heterocycles. The van der Waals surface area contributed by atoms with Gasteiger partial charge in [0.05, 0.1) is 13.1 Å². The number of hydrogen-bond donors (Lipinski definition) is 0. The summed E-state index contributed by atoms with van der Waals surface area (Å²) in [5.74, 6) is 0. The van der Waals surface area contributed by atoms with Gasteiger partial charge in [-0.3, -0.25) is 0 Å². The Morgan fingerprint density at radius 2 is 1.71 bits per heavy atom. The minimum absolute atomic E-state index is 1.09. The molecule has 0 saturated heterocycles. The average Bonchev–Trinajstić information content (AvgIpc) is 2.98. The van der Waals surface area contributed by atoms with E-state index < -0.39 is 0 Å². The van der Waals surface area contributed by atoms with Gasteiger partial charge < -0.3 is 4.57 Å². The van der Waals surface area contributed by atoms with E-state index in [4.69, 9.17) is 0 Å². The summed E-state index contributed by atoms with van der Waals surface area (Å²) in [5, 5.41) is 0. The molecule has 17 heavy (non-hydrogen) atoms. The molecular formula is C14H22N3+. The zero-order valence-corrected chi connectivity index (χ0v) is 10.6. The van der Waals surface area contributed by atoms with Gasteiger partial charge in [0.2, 0.25) is 6.33 Å². The molecule has 0 N–H and O–H groups in total. The molecule has 92 valence electrons. The van der Waals surface area contributed by atoms with Crippen molar-refractivity contribution in [2.45, 2.75) is 45.8 Å². The van der Waals surface area contributed by atoms with Gasteiger partial charge in [0.25, 0.3) is 0 Å². The van der Waals surface area contributed by atoms with Crippen LogP contribution in [-0.2, 0) is 19.6 Å². The number of hydrogen-bond acceptors (Lipinski definition) is 0. The first-order chi connectivity index (χ1) is 8.38. The first-order valence-corrected chi connectivity index (χ1v) is 6.54. The van der Waals surface area contributed by atoms with Crippen LogP contribution < -0.4 is 4.57 Å². The van der Waals surface area contributed by atoms with E-state index in [0.717, 1.165) is 19.6 Å². The van der Waals surface area contributed by atoms with E-state index in [9.17, 15) is 0 Å². The largest absolute Gasteiger partial charge is 0.354 e. The molecule has 3 heteroatoms. The molecule has 0 atom stereocenters. The second-order valence-corrected chi connectivity index (χ2v) is 4.52. The Kier molecular flexibility index (Phi) is 4.42. The molecule has 0 saturated carbocycles. The number of unbranched alkanes of at least 4 members (excludes halogenated alkanes) is 1. The van der Waals surface area contributed by atoms with E-state index in [1.807, 2.05) is 0 Å². The normalized spacial score (nSPS) is 10.9. The third-order valence-electron chi connectivity index (χ3n) is 3.01. The van der Waals surface area contributed by atoms with Gasteiger partial charge >= 0.3 is 0 Å². The highest BCUT2D eigenvalue weighted by Gasteiger charge is 2.02. The summed E-state index contributed by atoms with van der Waals surface area (Å²) in [6.45, 7) is 5.56. The molecule has 0 aliphatic rings. The summed E-state index contributed by atoms with van der Waals surface area (Å²) >= 11 is 0. The molecule has 0 amide bonds. The van der Waals surface area contributed by atoms with Gasteiger partial charge in [0.15, 0.2) is 0 Å². The Morgan fingerprint density at radius 3 is 2.47 bits per heavy atom. The van der Waals surface area contributed by atoms with Crippen LogP contribution in [0, 0.1) is 0 Å². The minimum Gasteiger partial charge on any atom is -0.354 e. The van der Waals surface area contributed by atoms with Crippen molar-refractivity contribution < 1.29 is 4.57 Å². The number of aromatic nitrogens is 3. The van der Waals surface area contributed by atoms with Crippen LogP contribution in [-0.4, -0.2) is 9.13 Å². The standard InChI is InChI=1S/C14H22N3/c1-2-3-7-16-12-13-17(14-16)11-6-10-15-8-4-5-9-15/h4-5,8-9,12-14H,2-3,6-7,10-11H2,1H3/q+1. The van der Waals surface area contributed by atoms with Crippen LogP contribution in [0.3, 0.4) is 0 Å². The molecule has 0 unspecified atom stereocenters. The molecule has 2 rings (SSSR count). The second-order valence-electron chi connectivity index (χ2n) is 4.52. The number of nitrogens with zero attached hydrogens (tertiary/aromatic N) is 3. The van der Waals surface area contributed by atoms with Crippen molar-refractivity contribution in [1.29, 1.82) is 0 Å². The van der Waals surface area contributed by atoms with E-state index in [0.29, 0.717) is 0 Å². The monoisotopic (exact) mass is 232 g/mol. The third-order valence-corrected chi connectivity index (χ3v) is 3.01. The lowest BCUT2D eigenvalue weighted by Gasteiger charge is -2.00. The maximum Gasteiger partial charge on any atom is 0.243 e. The summed E-state index contributed by atoms with van der Waals surface area (Å²) in [6.07, 6.45) is 14.5. The second kappa shape index (κ2) is 6.28. The smallest absolute Gasteiger partial charge is 0.243 e. The maximum absolute atomic E-state index is 2.28. The minimum atomic E-state index is 1.09. The lowest BCUT2D eigenvalue weighted by Crippen LogP contribution is -2.31. The van der Waals surface area contributed by atoms with Gasteiger partial charge in [-0.2, -0.15) is 0 Å². The van der Waals surface area contributed by atoms with Crippen LogP contribution in [0.15, 0.2) is 43.2 Å². The molecular weight excluding hydrogens is 210 g/mol. The summed E-state index contributed by atoms with van der Waals surface area (Å²) in [5.41, 5.74) is 0. The summed E-state index contributed by atoms with van der Waals surface area (Å²) in [4.78, 5) is 0. The van der Waals surface area contributed by atoms with E-state index in [1.165, 1.54) is 19.3 Å². The van der Waals surface area contributed by atoms with Gasteiger partial charge in [-0.05, 0) is 18.6 Å². The van der Waals surface area contributed by atoms with Gasteiger partial charge in [0.1, 0.15) is 12.4 Å². The highest BCUT2D eigenvalue weighted by molar-refractivity contribution is 4.89. The SMILES string of the molecule is CCCCn1cc[n+](CCCn2cccc2)c1. The molecule has 0 radical (unpaired) electrons. The number of imidazole rings is 1. The van der Waals surface area contributed by atoms with Crippen molar-refractivity contribution >= 4 is 0 Å². The van der Waals surface area contributed by atoms with Gasteiger partial charge in [-0.15, -0.1) is 0 Å².